The van der Waals surface area contributed by atoms with Crippen LogP contribution >= 0.6 is 22.6 Å². The number of hydrogen-bond donors (Lipinski definition) is 1. The van der Waals surface area contributed by atoms with Crippen LogP contribution in [0.15, 0.2) is 6.20 Å². The van der Waals surface area contributed by atoms with E-state index < -0.39 is 0 Å². The van der Waals surface area contributed by atoms with Gasteiger partial charge in [0, 0.05) is 19.9 Å². The Balaban J connectivity index is 2.33. The van der Waals surface area contributed by atoms with Gasteiger partial charge in [0.25, 0.3) is 0 Å². The van der Waals surface area contributed by atoms with Crippen molar-refractivity contribution in [3.8, 4) is 0 Å². The van der Waals surface area contributed by atoms with Crippen LogP contribution in [0, 0.1) is 3.57 Å². The molecule has 1 aromatic rings. The lowest BCUT2D eigenvalue weighted by atomic mass is 9.93. The molecule has 0 bridgehead atoms. The minimum absolute atomic E-state index is 0.287. The van der Waals surface area contributed by atoms with E-state index in [0.29, 0.717) is 0 Å². The fourth-order valence-electron chi connectivity index (χ4n) is 2.70. The minimum Gasteiger partial charge on any atom is -0.370 e. The highest BCUT2D eigenvalue weighted by atomic mass is 127. The Labute approximate surface area is 128 Å². The van der Waals surface area contributed by atoms with Crippen LogP contribution in [0.4, 0.5) is 5.82 Å². The van der Waals surface area contributed by atoms with E-state index in [9.17, 15) is 0 Å². The molecular formula is C14H22IN3O. The van der Waals surface area contributed by atoms with Crippen molar-refractivity contribution in [2.75, 3.05) is 19.0 Å². The fraction of sp³-hybridized carbons (Fsp3) is 0.714. The van der Waals surface area contributed by atoms with E-state index in [4.69, 9.17) is 9.72 Å². The highest BCUT2D eigenvalue weighted by Crippen LogP contribution is 2.37. The molecular weight excluding hydrogens is 353 g/mol. The Kier molecular flexibility index (Phi) is 5.38. The Bertz CT molecular complexity index is 417. The maximum atomic E-state index is 5.86. The molecule has 0 amide bonds. The van der Waals surface area contributed by atoms with Crippen molar-refractivity contribution in [3.63, 3.8) is 0 Å². The molecule has 4 nitrogen and oxygen atoms in total. The van der Waals surface area contributed by atoms with Crippen molar-refractivity contribution in [1.29, 1.82) is 0 Å². The van der Waals surface area contributed by atoms with Gasteiger partial charge in [-0.3, -0.25) is 0 Å². The van der Waals surface area contributed by atoms with Gasteiger partial charge in [-0.15, -0.1) is 0 Å². The predicted molar refractivity (Wildman–Crippen MR) is 85.3 cm³/mol. The zero-order valence-corrected chi connectivity index (χ0v) is 13.9. The van der Waals surface area contributed by atoms with Crippen LogP contribution in [0.2, 0.25) is 0 Å². The Morgan fingerprint density at radius 3 is 2.58 bits per heavy atom. The third-order valence-electron chi connectivity index (χ3n) is 3.80. The van der Waals surface area contributed by atoms with E-state index >= 15 is 0 Å². The number of halogens is 1. The number of nitrogens with one attached hydrogen (secondary N) is 1. The van der Waals surface area contributed by atoms with Crippen LogP contribution in [0.3, 0.4) is 0 Å². The standard InChI is InChI=1S/C14H22IN3O/c1-3-16-12-11(15)10-17-13(18-12)14(19-2)8-6-4-5-7-9-14/h10H,3-9H2,1-2H3,(H,16,17,18). The molecule has 0 aromatic carbocycles. The van der Waals surface area contributed by atoms with Crippen molar-refractivity contribution in [3.05, 3.63) is 15.6 Å². The second-order valence-corrected chi connectivity index (χ2v) is 6.20. The summed E-state index contributed by atoms with van der Waals surface area (Å²) in [6.07, 6.45) is 8.91. The molecule has 1 fully saturated rings. The number of hydrogen-bond acceptors (Lipinski definition) is 4. The number of rotatable bonds is 4. The number of anilines is 1. The summed E-state index contributed by atoms with van der Waals surface area (Å²) in [5.41, 5.74) is -0.287. The second kappa shape index (κ2) is 6.83. The van der Waals surface area contributed by atoms with Crippen molar-refractivity contribution in [1.82, 2.24) is 9.97 Å². The molecule has 1 aliphatic carbocycles. The van der Waals surface area contributed by atoms with Gasteiger partial charge >= 0.3 is 0 Å². The first-order chi connectivity index (χ1) is 9.22. The summed E-state index contributed by atoms with van der Waals surface area (Å²) in [7, 11) is 1.79. The number of nitrogens with zero attached hydrogens (tertiary/aromatic N) is 2. The maximum absolute atomic E-state index is 5.86. The molecule has 0 atom stereocenters. The summed E-state index contributed by atoms with van der Waals surface area (Å²) < 4.78 is 6.92. The number of aromatic nitrogens is 2. The molecule has 5 heteroatoms. The molecule has 0 unspecified atom stereocenters. The predicted octanol–water partition coefficient (Wildman–Crippen LogP) is 3.71. The van der Waals surface area contributed by atoms with Crippen LogP contribution in [0.1, 0.15) is 51.3 Å². The zero-order chi connectivity index (χ0) is 13.7. The van der Waals surface area contributed by atoms with E-state index in [1.54, 1.807) is 7.11 Å². The molecule has 1 aromatic heterocycles. The lowest BCUT2D eigenvalue weighted by Crippen LogP contribution is -2.30. The van der Waals surface area contributed by atoms with Crippen molar-refractivity contribution in [2.45, 2.75) is 51.0 Å². The van der Waals surface area contributed by atoms with Gasteiger partial charge in [-0.2, -0.15) is 0 Å². The average molecular weight is 375 g/mol. The van der Waals surface area contributed by atoms with Gasteiger partial charge in [-0.1, -0.05) is 25.7 Å². The van der Waals surface area contributed by atoms with Crippen molar-refractivity contribution >= 4 is 28.4 Å². The van der Waals surface area contributed by atoms with Gasteiger partial charge in [-0.05, 0) is 42.4 Å². The SMILES string of the molecule is CCNc1nc(C2(OC)CCCCCC2)ncc1I. The van der Waals surface area contributed by atoms with E-state index in [1.165, 1.54) is 25.7 Å². The molecule has 1 heterocycles. The zero-order valence-electron chi connectivity index (χ0n) is 11.7. The highest BCUT2D eigenvalue weighted by molar-refractivity contribution is 14.1. The largest absolute Gasteiger partial charge is 0.370 e. The van der Waals surface area contributed by atoms with Gasteiger partial charge in [0.05, 0.1) is 3.57 Å². The Hall–Kier alpha value is -0.430. The number of ether oxygens (including phenoxy) is 1. The third kappa shape index (κ3) is 3.37. The van der Waals surface area contributed by atoms with Crippen LogP contribution in [-0.2, 0) is 10.3 Å². The van der Waals surface area contributed by atoms with Crippen LogP contribution < -0.4 is 5.32 Å². The fourth-order valence-corrected chi connectivity index (χ4v) is 3.15. The van der Waals surface area contributed by atoms with E-state index in [0.717, 1.165) is 34.6 Å². The van der Waals surface area contributed by atoms with Gasteiger partial charge in [-0.25, -0.2) is 9.97 Å². The maximum Gasteiger partial charge on any atom is 0.162 e. The molecule has 0 aliphatic heterocycles. The van der Waals surface area contributed by atoms with Gasteiger partial charge in [0.1, 0.15) is 11.4 Å². The molecule has 2 rings (SSSR count). The minimum atomic E-state index is -0.287. The first-order valence-corrected chi connectivity index (χ1v) is 8.12. The first-order valence-electron chi connectivity index (χ1n) is 7.04. The summed E-state index contributed by atoms with van der Waals surface area (Å²) in [6.45, 7) is 2.95. The Morgan fingerprint density at radius 2 is 2.00 bits per heavy atom. The molecule has 1 N–H and O–H groups in total. The topological polar surface area (TPSA) is 47.0 Å². The lowest BCUT2D eigenvalue weighted by Gasteiger charge is -2.30. The van der Waals surface area contributed by atoms with E-state index in [-0.39, 0.29) is 5.60 Å². The van der Waals surface area contributed by atoms with Crippen LogP contribution in [0.5, 0.6) is 0 Å². The summed E-state index contributed by atoms with van der Waals surface area (Å²) in [5.74, 6) is 1.77. The summed E-state index contributed by atoms with van der Waals surface area (Å²) >= 11 is 2.27. The lowest BCUT2D eigenvalue weighted by molar-refractivity contribution is -0.0350. The number of methoxy groups -OCH3 is 1. The summed E-state index contributed by atoms with van der Waals surface area (Å²) in [5, 5.41) is 3.30. The molecule has 0 radical (unpaired) electrons. The van der Waals surface area contributed by atoms with Crippen molar-refractivity contribution in [2.24, 2.45) is 0 Å². The molecule has 0 spiro atoms. The van der Waals surface area contributed by atoms with E-state index in [1.807, 2.05) is 6.20 Å². The molecule has 1 saturated carbocycles. The van der Waals surface area contributed by atoms with E-state index in [2.05, 4.69) is 39.8 Å². The first kappa shape index (κ1) is 15.0. The monoisotopic (exact) mass is 375 g/mol. The van der Waals surface area contributed by atoms with Gasteiger partial charge in [0.15, 0.2) is 5.82 Å². The summed E-state index contributed by atoms with van der Waals surface area (Å²) in [6, 6.07) is 0. The third-order valence-corrected chi connectivity index (χ3v) is 4.59. The quantitative estimate of drug-likeness (QED) is 0.644. The summed E-state index contributed by atoms with van der Waals surface area (Å²) in [4.78, 5) is 9.26. The van der Waals surface area contributed by atoms with Crippen LogP contribution in [0.25, 0.3) is 0 Å². The van der Waals surface area contributed by atoms with Gasteiger partial charge < -0.3 is 10.1 Å². The molecule has 106 valence electrons. The smallest absolute Gasteiger partial charge is 0.162 e. The average Bonchev–Trinajstić information content (AvgIpc) is 2.68. The second-order valence-electron chi connectivity index (χ2n) is 5.03. The molecule has 19 heavy (non-hydrogen) atoms. The Morgan fingerprint density at radius 1 is 1.32 bits per heavy atom. The normalized spacial score (nSPS) is 18.9. The van der Waals surface area contributed by atoms with Crippen molar-refractivity contribution < 1.29 is 4.74 Å². The molecule has 0 saturated heterocycles. The van der Waals surface area contributed by atoms with Crippen LogP contribution in [-0.4, -0.2) is 23.6 Å². The molecule has 1 aliphatic rings. The van der Waals surface area contributed by atoms with Gasteiger partial charge in [0.2, 0.25) is 0 Å². The highest BCUT2D eigenvalue weighted by Gasteiger charge is 2.36.